The number of hydrogen-bond acceptors (Lipinski definition) is 3. The zero-order chi connectivity index (χ0) is 20.9. The molecule has 3 atom stereocenters. The predicted molar refractivity (Wildman–Crippen MR) is 114 cm³/mol. The molecule has 0 bridgehead atoms. The molecule has 1 rings (SSSR count). The quantitative estimate of drug-likeness (QED) is 0.265. The van der Waals surface area contributed by atoms with Gasteiger partial charge in [-0.05, 0) is 50.4 Å². The Kier molecular flexibility index (Phi) is 12.5. The number of rotatable bonds is 14. The molecular formula is C24H44O4. The van der Waals surface area contributed by atoms with Gasteiger partial charge < -0.3 is 9.84 Å². The van der Waals surface area contributed by atoms with Gasteiger partial charge in [-0.25, -0.2) is 0 Å². The third kappa shape index (κ3) is 10.5. The van der Waals surface area contributed by atoms with Gasteiger partial charge in [0.15, 0.2) is 0 Å². The summed E-state index contributed by atoms with van der Waals surface area (Å²) in [5.41, 5.74) is 0. The largest absolute Gasteiger partial charge is 0.481 e. The number of carboxylic acid groups (broad SMARTS) is 1. The maximum absolute atomic E-state index is 12.7. The van der Waals surface area contributed by atoms with Crippen molar-refractivity contribution in [3.05, 3.63) is 0 Å². The number of aliphatic carboxylic acids is 1. The molecule has 0 aromatic heterocycles. The molecule has 0 amide bonds. The van der Waals surface area contributed by atoms with Crippen LogP contribution in [0, 0.1) is 23.7 Å². The SMILES string of the molecule is CC(C)CCCCCCC(CCCC(C)C)OC(=O)C1CCCCC1C(=O)O. The summed E-state index contributed by atoms with van der Waals surface area (Å²) in [5.74, 6) is -0.701. The van der Waals surface area contributed by atoms with Crippen LogP contribution in [0.4, 0.5) is 0 Å². The molecule has 3 unspecified atom stereocenters. The maximum atomic E-state index is 12.7. The highest BCUT2D eigenvalue weighted by atomic mass is 16.5. The van der Waals surface area contributed by atoms with Crippen LogP contribution in [0.1, 0.15) is 111 Å². The van der Waals surface area contributed by atoms with Gasteiger partial charge in [-0.1, -0.05) is 72.6 Å². The Morgan fingerprint density at radius 3 is 1.86 bits per heavy atom. The second kappa shape index (κ2) is 14.0. The fourth-order valence-corrected chi connectivity index (χ4v) is 4.25. The van der Waals surface area contributed by atoms with E-state index in [1.54, 1.807) is 0 Å². The predicted octanol–water partition coefficient (Wildman–Crippen LogP) is 6.61. The number of unbranched alkanes of at least 4 members (excludes halogenated alkanes) is 3. The van der Waals surface area contributed by atoms with Crippen LogP contribution in [0.25, 0.3) is 0 Å². The van der Waals surface area contributed by atoms with Gasteiger partial charge in [0, 0.05) is 0 Å². The van der Waals surface area contributed by atoms with Gasteiger partial charge in [-0.3, -0.25) is 9.59 Å². The lowest BCUT2D eigenvalue weighted by Crippen LogP contribution is -2.35. The molecule has 0 aromatic rings. The molecule has 0 spiro atoms. The lowest BCUT2D eigenvalue weighted by molar-refractivity contribution is -0.164. The fourth-order valence-electron chi connectivity index (χ4n) is 4.25. The van der Waals surface area contributed by atoms with E-state index in [2.05, 4.69) is 27.7 Å². The number of carbonyl (C=O) groups excluding carboxylic acids is 1. The summed E-state index contributed by atoms with van der Waals surface area (Å²) < 4.78 is 5.89. The number of carbonyl (C=O) groups is 2. The van der Waals surface area contributed by atoms with E-state index in [-0.39, 0.29) is 12.1 Å². The molecule has 1 fully saturated rings. The fraction of sp³-hybridized carbons (Fsp3) is 0.917. The second-order valence-corrected chi connectivity index (χ2v) is 9.60. The number of esters is 1. The topological polar surface area (TPSA) is 63.6 Å². The van der Waals surface area contributed by atoms with Crippen LogP contribution >= 0.6 is 0 Å². The van der Waals surface area contributed by atoms with Crippen molar-refractivity contribution in [3.63, 3.8) is 0 Å². The van der Waals surface area contributed by atoms with E-state index in [9.17, 15) is 14.7 Å². The first kappa shape index (κ1) is 25.0. The molecule has 28 heavy (non-hydrogen) atoms. The first-order valence-electron chi connectivity index (χ1n) is 11.7. The molecule has 0 saturated heterocycles. The van der Waals surface area contributed by atoms with Crippen LogP contribution in [0.3, 0.4) is 0 Å². The summed E-state index contributed by atoms with van der Waals surface area (Å²) in [4.78, 5) is 24.3. The van der Waals surface area contributed by atoms with Crippen LogP contribution < -0.4 is 0 Å². The van der Waals surface area contributed by atoms with Gasteiger partial charge in [-0.2, -0.15) is 0 Å². The standard InChI is InChI=1S/C24H44O4/c1-18(2)12-7-5-6-8-14-20(15-11-13-19(3)4)28-24(27)22-17-10-9-16-21(22)23(25)26/h18-22H,5-17H2,1-4H3,(H,25,26). The first-order chi connectivity index (χ1) is 13.3. The van der Waals surface area contributed by atoms with Crippen LogP contribution in [-0.2, 0) is 14.3 Å². The molecule has 0 radical (unpaired) electrons. The number of hydrogen-bond donors (Lipinski definition) is 1. The Labute approximate surface area is 172 Å². The molecule has 4 nitrogen and oxygen atoms in total. The Morgan fingerprint density at radius 1 is 0.786 bits per heavy atom. The minimum atomic E-state index is -0.844. The Balaban J connectivity index is 2.50. The smallest absolute Gasteiger partial charge is 0.310 e. The van der Waals surface area contributed by atoms with Crippen LogP contribution in [-0.4, -0.2) is 23.1 Å². The average Bonchev–Trinajstić information content (AvgIpc) is 2.63. The summed E-state index contributed by atoms with van der Waals surface area (Å²) in [6, 6.07) is 0. The molecule has 1 aliphatic rings. The molecule has 1 saturated carbocycles. The lowest BCUT2D eigenvalue weighted by Gasteiger charge is -2.29. The molecule has 0 aromatic carbocycles. The van der Waals surface area contributed by atoms with Gasteiger partial charge in [0.05, 0.1) is 11.8 Å². The summed E-state index contributed by atoms with van der Waals surface area (Å²) in [7, 11) is 0. The zero-order valence-electron chi connectivity index (χ0n) is 18.8. The van der Waals surface area contributed by atoms with E-state index in [1.165, 1.54) is 25.7 Å². The highest BCUT2D eigenvalue weighted by Gasteiger charge is 2.37. The summed E-state index contributed by atoms with van der Waals surface area (Å²) in [6.45, 7) is 8.96. The Morgan fingerprint density at radius 2 is 1.29 bits per heavy atom. The van der Waals surface area contributed by atoms with Crippen LogP contribution in [0.5, 0.6) is 0 Å². The average molecular weight is 397 g/mol. The minimum absolute atomic E-state index is 0.0484. The van der Waals surface area contributed by atoms with Crippen LogP contribution in [0.15, 0.2) is 0 Å². The normalized spacial score (nSPS) is 21.1. The van der Waals surface area contributed by atoms with Gasteiger partial charge in [0.2, 0.25) is 0 Å². The number of carboxylic acids is 1. The van der Waals surface area contributed by atoms with Crippen molar-refractivity contribution in [1.82, 2.24) is 0 Å². The van der Waals surface area contributed by atoms with E-state index >= 15 is 0 Å². The molecule has 1 N–H and O–H groups in total. The molecule has 0 heterocycles. The van der Waals surface area contributed by atoms with Crippen LogP contribution in [0.2, 0.25) is 0 Å². The molecule has 1 aliphatic carbocycles. The van der Waals surface area contributed by atoms with Crippen molar-refractivity contribution >= 4 is 11.9 Å². The van der Waals surface area contributed by atoms with Gasteiger partial charge >= 0.3 is 11.9 Å². The molecular weight excluding hydrogens is 352 g/mol. The van der Waals surface area contributed by atoms with E-state index in [1.807, 2.05) is 0 Å². The van der Waals surface area contributed by atoms with Gasteiger partial charge in [0.1, 0.15) is 6.10 Å². The summed E-state index contributed by atoms with van der Waals surface area (Å²) in [6.07, 6.45) is 13.1. The maximum Gasteiger partial charge on any atom is 0.310 e. The zero-order valence-corrected chi connectivity index (χ0v) is 18.8. The van der Waals surface area contributed by atoms with Gasteiger partial charge in [0.25, 0.3) is 0 Å². The van der Waals surface area contributed by atoms with Crippen molar-refractivity contribution in [2.75, 3.05) is 0 Å². The van der Waals surface area contributed by atoms with E-state index in [0.717, 1.165) is 50.9 Å². The van der Waals surface area contributed by atoms with E-state index in [4.69, 9.17) is 4.74 Å². The molecule has 4 heteroatoms. The third-order valence-corrected chi connectivity index (χ3v) is 6.03. The summed E-state index contributed by atoms with van der Waals surface area (Å²) >= 11 is 0. The highest BCUT2D eigenvalue weighted by Crippen LogP contribution is 2.32. The van der Waals surface area contributed by atoms with Crippen molar-refractivity contribution < 1.29 is 19.4 Å². The monoisotopic (exact) mass is 396 g/mol. The van der Waals surface area contributed by atoms with Crippen molar-refractivity contribution in [1.29, 1.82) is 0 Å². The number of ether oxygens (including phenoxy) is 1. The van der Waals surface area contributed by atoms with Gasteiger partial charge in [-0.15, -0.1) is 0 Å². The molecule has 164 valence electrons. The van der Waals surface area contributed by atoms with Crippen molar-refractivity contribution in [2.24, 2.45) is 23.7 Å². The lowest BCUT2D eigenvalue weighted by atomic mass is 9.79. The Hall–Kier alpha value is -1.06. The highest BCUT2D eigenvalue weighted by molar-refractivity contribution is 5.81. The van der Waals surface area contributed by atoms with Crippen molar-refractivity contribution in [3.8, 4) is 0 Å². The summed E-state index contributed by atoms with van der Waals surface area (Å²) in [5, 5.41) is 9.45. The molecule has 0 aliphatic heterocycles. The van der Waals surface area contributed by atoms with E-state index in [0.29, 0.717) is 18.8 Å². The Bertz CT molecular complexity index is 444. The van der Waals surface area contributed by atoms with E-state index < -0.39 is 17.8 Å². The first-order valence-corrected chi connectivity index (χ1v) is 11.7. The second-order valence-electron chi connectivity index (χ2n) is 9.60. The minimum Gasteiger partial charge on any atom is -0.481 e. The van der Waals surface area contributed by atoms with Crippen molar-refractivity contribution in [2.45, 2.75) is 117 Å². The third-order valence-electron chi connectivity index (χ3n) is 6.03.